The Kier molecular flexibility index (Phi) is 7.21. The number of carbonyl (C=O) groups excluding carboxylic acids is 2. The van der Waals surface area contributed by atoms with Gasteiger partial charge in [0.05, 0.1) is 12.6 Å². The Morgan fingerprint density at radius 3 is 2.25 bits per heavy atom. The molecule has 4 saturated carbocycles. The Labute approximate surface area is 235 Å². The number of aliphatic hydroxyl groups excluding tert-OH is 2. The first-order valence-electron chi connectivity index (χ1n) is 14.8. The molecule has 4 aliphatic rings. The van der Waals surface area contributed by atoms with E-state index in [9.17, 15) is 19.8 Å². The van der Waals surface area contributed by atoms with E-state index in [4.69, 9.17) is 0 Å². The fourth-order valence-electron chi connectivity index (χ4n) is 8.33. The SMILES string of the molecule is C[C@@](Cc1c[nH]c2ccccc12)(C(=O)NCC12CC3CC(CC(C3)C1)C2)C(=O)N[C@@H](CO)C(O)c1ccccc1. The van der Waals surface area contributed by atoms with Gasteiger partial charge in [0, 0.05) is 23.6 Å². The van der Waals surface area contributed by atoms with Crippen molar-refractivity contribution in [2.24, 2.45) is 28.6 Å². The summed E-state index contributed by atoms with van der Waals surface area (Å²) >= 11 is 0. The standard InChI is InChI=1S/C33H41N3O4/c1-32(17-25-18-34-27-10-6-5-9-26(25)27,31(40)36-28(19-37)29(38)24-7-3-2-4-8-24)30(39)35-20-33-14-21-11-22(15-33)13-23(12-21)16-33/h2-10,18,21-23,28-29,34,37-38H,11-17,19-20H2,1H3,(H,35,39)(H,36,40)/t21?,22?,23?,28-,29?,32+,33?/m0/s1. The number of rotatable bonds is 10. The number of aromatic amines is 1. The van der Waals surface area contributed by atoms with Gasteiger partial charge >= 0.3 is 0 Å². The number of carbonyl (C=O) groups is 2. The Morgan fingerprint density at radius 1 is 0.975 bits per heavy atom. The molecule has 1 unspecified atom stereocenters. The fourth-order valence-corrected chi connectivity index (χ4v) is 8.33. The maximum absolute atomic E-state index is 14.1. The van der Waals surface area contributed by atoms with Crippen LogP contribution in [0.3, 0.4) is 0 Å². The third-order valence-electron chi connectivity index (χ3n) is 10.0. The molecule has 0 radical (unpaired) electrons. The van der Waals surface area contributed by atoms with Crippen LogP contribution in [0.5, 0.6) is 0 Å². The van der Waals surface area contributed by atoms with Gasteiger partial charge in [-0.15, -0.1) is 0 Å². The van der Waals surface area contributed by atoms with Gasteiger partial charge < -0.3 is 25.8 Å². The molecule has 212 valence electrons. The highest BCUT2D eigenvalue weighted by Crippen LogP contribution is 2.59. The summed E-state index contributed by atoms with van der Waals surface area (Å²) in [6.07, 6.45) is 8.45. The highest BCUT2D eigenvalue weighted by Gasteiger charge is 2.51. The minimum atomic E-state index is -1.45. The van der Waals surface area contributed by atoms with Crippen LogP contribution in [-0.2, 0) is 16.0 Å². The van der Waals surface area contributed by atoms with Crippen LogP contribution in [0.4, 0.5) is 0 Å². The third kappa shape index (κ3) is 5.06. The first kappa shape index (κ1) is 27.0. The van der Waals surface area contributed by atoms with Gasteiger partial charge in [0.2, 0.25) is 11.8 Å². The normalized spacial score (nSPS) is 28.1. The van der Waals surface area contributed by atoms with Crippen LogP contribution < -0.4 is 10.6 Å². The van der Waals surface area contributed by atoms with Crippen LogP contribution in [0.2, 0.25) is 0 Å². The number of para-hydroxylation sites is 1. The van der Waals surface area contributed by atoms with Crippen LogP contribution in [0.25, 0.3) is 10.9 Å². The zero-order chi connectivity index (χ0) is 27.9. The van der Waals surface area contributed by atoms with Gasteiger partial charge in [-0.1, -0.05) is 48.5 Å². The molecule has 5 N–H and O–H groups in total. The molecule has 7 nitrogen and oxygen atoms in total. The third-order valence-corrected chi connectivity index (χ3v) is 10.0. The Balaban J connectivity index is 1.24. The summed E-state index contributed by atoms with van der Waals surface area (Å²) in [4.78, 5) is 31.3. The summed E-state index contributed by atoms with van der Waals surface area (Å²) < 4.78 is 0. The first-order valence-corrected chi connectivity index (χ1v) is 14.8. The van der Waals surface area contributed by atoms with Crippen molar-refractivity contribution in [3.8, 4) is 0 Å². The lowest BCUT2D eigenvalue weighted by molar-refractivity contribution is -0.144. The topological polar surface area (TPSA) is 114 Å². The number of aromatic nitrogens is 1. The lowest BCUT2D eigenvalue weighted by atomic mass is 9.49. The van der Waals surface area contributed by atoms with Gasteiger partial charge in [-0.25, -0.2) is 0 Å². The molecule has 0 spiro atoms. The number of amides is 2. The van der Waals surface area contributed by atoms with Gasteiger partial charge in [0.25, 0.3) is 0 Å². The molecule has 7 heteroatoms. The summed E-state index contributed by atoms with van der Waals surface area (Å²) in [6, 6.07) is 15.9. The molecule has 2 amide bonds. The maximum Gasteiger partial charge on any atom is 0.236 e. The summed E-state index contributed by atoms with van der Waals surface area (Å²) in [5.41, 5.74) is 1.10. The number of fused-ring (bicyclic) bond motifs is 1. The molecule has 4 bridgehead atoms. The lowest BCUT2D eigenvalue weighted by Crippen LogP contribution is -2.57. The van der Waals surface area contributed by atoms with E-state index >= 15 is 0 Å². The minimum Gasteiger partial charge on any atom is -0.394 e. The number of hydrogen-bond donors (Lipinski definition) is 5. The summed E-state index contributed by atoms with van der Waals surface area (Å²) in [6.45, 7) is 1.82. The molecule has 0 aliphatic heterocycles. The van der Waals surface area contributed by atoms with Crippen LogP contribution in [0.15, 0.2) is 60.8 Å². The Bertz CT molecular complexity index is 1330. The molecule has 7 rings (SSSR count). The van der Waals surface area contributed by atoms with Gasteiger partial charge in [0.1, 0.15) is 11.5 Å². The summed E-state index contributed by atoms with van der Waals surface area (Å²) in [5, 5.41) is 28.1. The number of benzene rings is 2. The lowest BCUT2D eigenvalue weighted by Gasteiger charge is -2.57. The van der Waals surface area contributed by atoms with E-state index in [2.05, 4.69) is 15.6 Å². The van der Waals surface area contributed by atoms with Crippen molar-refractivity contribution >= 4 is 22.7 Å². The molecule has 2 aromatic carbocycles. The van der Waals surface area contributed by atoms with Crippen LogP contribution in [0, 0.1) is 28.6 Å². The van der Waals surface area contributed by atoms with Crippen molar-refractivity contribution in [3.05, 3.63) is 71.9 Å². The smallest absolute Gasteiger partial charge is 0.236 e. The van der Waals surface area contributed by atoms with Crippen molar-refractivity contribution in [2.45, 2.75) is 64.0 Å². The molecule has 3 aromatic rings. The molecular weight excluding hydrogens is 502 g/mol. The number of aliphatic hydroxyl groups is 2. The largest absolute Gasteiger partial charge is 0.394 e. The van der Waals surface area contributed by atoms with Crippen molar-refractivity contribution in [3.63, 3.8) is 0 Å². The summed E-state index contributed by atoms with van der Waals surface area (Å²) in [5.74, 6) is 1.50. The average molecular weight is 544 g/mol. The van der Waals surface area contributed by atoms with Crippen LogP contribution in [0.1, 0.15) is 62.7 Å². The number of nitrogens with one attached hydrogen (secondary N) is 3. The highest BCUT2D eigenvalue weighted by atomic mass is 16.3. The number of hydrogen-bond acceptors (Lipinski definition) is 4. The molecule has 1 heterocycles. The van der Waals surface area contributed by atoms with Crippen LogP contribution in [-0.4, -0.2) is 46.2 Å². The van der Waals surface area contributed by atoms with E-state index in [1.165, 1.54) is 38.5 Å². The quantitative estimate of drug-likeness (QED) is 0.246. The molecule has 4 fully saturated rings. The van der Waals surface area contributed by atoms with E-state index in [0.29, 0.717) is 12.1 Å². The molecule has 1 aromatic heterocycles. The summed E-state index contributed by atoms with van der Waals surface area (Å²) in [7, 11) is 0. The first-order chi connectivity index (χ1) is 19.3. The molecule has 0 saturated heterocycles. The van der Waals surface area contributed by atoms with Crippen molar-refractivity contribution in [1.82, 2.24) is 15.6 Å². The van der Waals surface area contributed by atoms with E-state index in [1.807, 2.05) is 36.5 Å². The van der Waals surface area contributed by atoms with E-state index < -0.39 is 30.1 Å². The van der Waals surface area contributed by atoms with Gasteiger partial charge in [-0.05, 0) is 92.2 Å². The van der Waals surface area contributed by atoms with E-state index in [-0.39, 0.29) is 17.7 Å². The molecule has 3 atom stereocenters. The Morgan fingerprint density at radius 2 is 1.60 bits per heavy atom. The predicted octanol–water partition coefficient (Wildman–Crippen LogP) is 4.26. The van der Waals surface area contributed by atoms with Gasteiger partial charge in [-0.2, -0.15) is 0 Å². The monoisotopic (exact) mass is 543 g/mol. The molecular formula is C33H41N3O4. The molecule has 40 heavy (non-hydrogen) atoms. The Hall–Kier alpha value is -3.16. The average Bonchev–Trinajstić information content (AvgIpc) is 3.36. The van der Waals surface area contributed by atoms with Gasteiger partial charge in [0.15, 0.2) is 0 Å². The van der Waals surface area contributed by atoms with Crippen molar-refractivity contribution in [2.75, 3.05) is 13.2 Å². The second-order valence-corrected chi connectivity index (χ2v) is 13.1. The van der Waals surface area contributed by atoms with E-state index in [0.717, 1.165) is 34.2 Å². The zero-order valence-corrected chi connectivity index (χ0v) is 23.2. The van der Waals surface area contributed by atoms with Gasteiger partial charge in [-0.3, -0.25) is 9.59 Å². The van der Waals surface area contributed by atoms with E-state index in [1.54, 1.807) is 31.2 Å². The molecule has 4 aliphatic carbocycles. The van der Waals surface area contributed by atoms with Crippen LogP contribution >= 0.6 is 0 Å². The van der Waals surface area contributed by atoms with Crippen molar-refractivity contribution in [1.29, 1.82) is 0 Å². The minimum absolute atomic E-state index is 0.139. The zero-order valence-electron chi connectivity index (χ0n) is 23.2. The second kappa shape index (κ2) is 10.7. The maximum atomic E-state index is 14.1. The van der Waals surface area contributed by atoms with Crippen molar-refractivity contribution < 1.29 is 19.8 Å². The highest BCUT2D eigenvalue weighted by molar-refractivity contribution is 6.05. The fraction of sp³-hybridized carbons (Fsp3) is 0.515. The second-order valence-electron chi connectivity index (χ2n) is 13.1. The number of H-pyrrole nitrogens is 1. The predicted molar refractivity (Wildman–Crippen MR) is 154 cm³/mol.